The molecule has 10 aromatic carbocycles. The Hall–Kier alpha value is -8.88. The minimum Gasteiger partial charge on any atom is -0.310 e. The second-order valence-electron chi connectivity index (χ2n) is 16.7. The maximum atomic E-state index is 15.3. The van der Waals surface area contributed by atoms with Crippen LogP contribution in [-0.2, 0) is 0 Å². The van der Waals surface area contributed by atoms with Crippen LogP contribution in [0.5, 0.6) is 0 Å². The highest BCUT2D eigenvalue weighted by atomic mass is 19.1. The first-order valence-corrected chi connectivity index (χ1v) is 22.3. The predicted octanol–water partition coefficient (Wildman–Crippen LogP) is 17.0. The van der Waals surface area contributed by atoms with Crippen LogP contribution in [0.1, 0.15) is 0 Å². The van der Waals surface area contributed by atoms with Crippen LogP contribution >= 0.6 is 0 Å². The van der Waals surface area contributed by atoms with Crippen molar-refractivity contribution in [2.45, 2.75) is 0 Å². The van der Waals surface area contributed by atoms with E-state index < -0.39 is 23.3 Å². The Balaban J connectivity index is 0.902. The molecule has 4 nitrogen and oxygen atoms in total. The van der Waals surface area contributed by atoms with E-state index in [2.05, 4.69) is 94.7 Å². The van der Waals surface area contributed by atoms with Gasteiger partial charge in [-0.3, -0.25) is 0 Å². The Labute approximate surface area is 389 Å². The zero-order chi connectivity index (χ0) is 45.9. The van der Waals surface area contributed by atoms with Crippen molar-refractivity contribution in [3.8, 4) is 22.5 Å². The molecule has 8 heteroatoms. The summed E-state index contributed by atoms with van der Waals surface area (Å²) in [6.07, 6.45) is 0. The highest BCUT2D eigenvalue weighted by Gasteiger charge is 2.21. The fraction of sp³-hybridized carbons (Fsp3) is 0. The largest absolute Gasteiger partial charge is 0.310 e. The standard InChI is InChI=1S/C60H38F4N4/c61-41-23-31-59(53(63)35-41)67-55-17-9-7-15-49(55)51-37-47(29-33-57(51)67)65(43-11-3-1-4-12-43)45-25-19-39(20-26-45)40-21-27-46(28-22-40)66(44-13-5-2-6-14-44)48-30-34-58-52(38-48)50-16-8-10-18-56(50)68(58)60-32-24-42(62)36-54(60)64/h1-38H. The third kappa shape index (κ3) is 6.93. The van der Waals surface area contributed by atoms with Gasteiger partial charge in [0.1, 0.15) is 23.3 Å². The van der Waals surface area contributed by atoms with E-state index in [9.17, 15) is 8.78 Å². The Morgan fingerprint density at radius 3 is 1.00 bits per heavy atom. The number of hydrogen-bond donors (Lipinski definition) is 0. The summed E-state index contributed by atoms with van der Waals surface area (Å²) in [5.74, 6) is -2.51. The van der Waals surface area contributed by atoms with Gasteiger partial charge < -0.3 is 18.9 Å². The molecule has 2 heterocycles. The highest BCUT2D eigenvalue weighted by molar-refractivity contribution is 6.12. The molecule has 0 radical (unpaired) electrons. The van der Waals surface area contributed by atoms with Crippen LogP contribution in [0.15, 0.2) is 231 Å². The second-order valence-corrected chi connectivity index (χ2v) is 16.7. The summed E-state index contributed by atoms with van der Waals surface area (Å²) in [5, 5.41) is 3.79. The number of rotatable bonds is 9. The summed E-state index contributed by atoms with van der Waals surface area (Å²) in [5.41, 5.74) is 11.6. The van der Waals surface area contributed by atoms with Gasteiger partial charge in [0.25, 0.3) is 0 Å². The fourth-order valence-electron chi connectivity index (χ4n) is 9.70. The number of halogens is 4. The Morgan fingerprint density at radius 1 is 0.265 bits per heavy atom. The first kappa shape index (κ1) is 40.6. The minimum absolute atomic E-state index is 0.283. The van der Waals surface area contributed by atoms with Gasteiger partial charge in [-0.2, -0.15) is 0 Å². The second kappa shape index (κ2) is 16.5. The fourth-order valence-corrected chi connectivity index (χ4v) is 9.70. The number of benzene rings is 10. The van der Waals surface area contributed by atoms with Crippen LogP contribution in [0.25, 0.3) is 66.1 Å². The minimum atomic E-state index is -0.631. The van der Waals surface area contributed by atoms with Gasteiger partial charge >= 0.3 is 0 Å². The SMILES string of the molecule is Fc1ccc(-n2c3ccccc3c3cc(N(c4ccccc4)c4ccc(-c5ccc(N(c6ccccc6)c6ccc7c(c6)c6ccccc6n7-c6ccc(F)cc6F)cc5)cc4)ccc32)c(F)c1. The normalized spacial score (nSPS) is 11.5. The lowest BCUT2D eigenvalue weighted by Crippen LogP contribution is -2.10. The molecule has 0 atom stereocenters. The van der Waals surface area contributed by atoms with Crippen molar-refractivity contribution >= 4 is 77.7 Å². The molecule has 0 amide bonds. The van der Waals surface area contributed by atoms with Crippen LogP contribution in [0.4, 0.5) is 51.7 Å². The van der Waals surface area contributed by atoms with E-state index in [-0.39, 0.29) is 11.4 Å². The molecule has 0 unspecified atom stereocenters. The molecule has 2 aromatic heterocycles. The van der Waals surface area contributed by atoms with Gasteiger partial charge in [-0.25, -0.2) is 17.6 Å². The summed E-state index contributed by atoms with van der Waals surface area (Å²) in [4.78, 5) is 4.41. The summed E-state index contributed by atoms with van der Waals surface area (Å²) in [6.45, 7) is 0. The predicted molar refractivity (Wildman–Crippen MR) is 270 cm³/mol. The Kier molecular flexibility index (Phi) is 9.87. The van der Waals surface area contributed by atoms with E-state index in [4.69, 9.17) is 0 Å². The summed E-state index contributed by atoms with van der Waals surface area (Å²) >= 11 is 0. The van der Waals surface area contributed by atoms with Crippen molar-refractivity contribution < 1.29 is 17.6 Å². The number of fused-ring (bicyclic) bond motifs is 6. The maximum Gasteiger partial charge on any atom is 0.150 e. The molecule has 0 spiro atoms. The van der Waals surface area contributed by atoms with Crippen molar-refractivity contribution in [1.29, 1.82) is 0 Å². The number of hydrogen-bond acceptors (Lipinski definition) is 2. The third-order valence-corrected chi connectivity index (χ3v) is 12.7. The van der Waals surface area contributed by atoms with Crippen LogP contribution < -0.4 is 9.80 Å². The summed E-state index contributed by atoms with van der Waals surface area (Å²) in [6, 6.07) is 72.9. The number of anilines is 6. The summed E-state index contributed by atoms with van der Waals surface area (Å²) in [7, 11) is 0. The van der Waals surface area contributed by atoms with E-state index in [0.29, 0.717) is 0 Å². The third-order valence-electron chi connectivity index (χ3n) is 12.7. The van der Waals surface area contributed by atoms with E-state index >= 15 is 8.78 Å². The van der Waals surface area contributed by atoms with Gasteiger partial charge in [0.05, 0.1) is 33.4 Å². The quantitative estimate of drug-likeness (QED) is 0.134. The first-order valence-electron chi connectivity index (χ1n) is 22.3. The van der Waals surface area contributed by atoms with Gasteiger partial charge in [-0.15, -0.1) is 0 Å². The topological polar surface area (TPSA) is 16.3 Å². The van der Waals surface area contributed by atoms with Crippen molar-refractivity contribution in [2.75, 3.05) is 9.80 Å². The molecule has 0 N–H and O–H groups in total. The van der Waals surface area contributed by atoms with Crippen molar-refractivity contribution in [1.82, 2.24) is 9.13 Å². The Bertz CT molecular complexity index is 3590. The Morgan fingerprint density at radius 2 is 0.603 bits per heavy atom. The van der Waals surface area contributed by atoms with E-state index in [1.807, 2.05) is 118 Å². The summed E-state index contributed by atoms with van der Waals surface area (Å²) < 4.78 is 62.4. The number of nitrogens with zero attached hydrogens (tertiary/aromatic N) is 4. The number of aromatic nitrogens is 2. The lowest BCUT2D eigenvalue weighted by Gasteiger charge is -2.26. The maximum absolute atomic E-state index is 15.3. The molecule has 0 saturated heterocycles. The molecule has 0 aliphatic rings. The smallest absolute Gasteiger partial charge is 0.150 e. The molecule has 0 fully saturated rings. The van der Waals surface area contributed by atoms with Crippen LogP contribution in [0.2, 0.25) is 0 Å². The van der Waals surface area contributed by atoms with Crippen LogP contribution in [-0.4, -0.2) is 9.13 Å². The number of para-hydroxylation sites is 4. The average molecular weight is 891 g/mol. The van der Waals surface area contributed by atoms with Crippen molar-refractivity contribution in [2.24, 2.45) is 0 Å². The van der Waals surface area contributed by atoms with Gasteiger partial charge in [-0.05, 0) is 132 Å². The molecule has 0 saturated carbocycles. The lowest BCUT2D eigenvalue weighted by atomic mass is 10.0. The first-order chi connectivity index (χ1) is 33.4. The molecule has 0 bridgehead atoms. The molecular formula is C60H38F4N4. The van der Waals surface area contributed by atoms with Gasteiger partial charge in [-0.1, -0.05) is 97.1 Å². The van der Waals surface area contributed by atoms with Crippen molar-refractivity contribution in [3.63, 3.8) is 0 Å². The molecule has 0 aliphatic heterocycles. The average Bonchev–Trinajstić information content (AvgIpc) is 3.87. The van der Waals surface area contributed by atoms with Crippen LogP contribution in [0, 0.1) is 23.3 Å². The van der Waals surface area contributed by atoms with Crippen LogP contribution in [0.3, 0.4) is 0 Å². The molecule has 12 aromatic rings. The highest BCUT2D eigenvalue weighted by Crippen LogP contribution is 2.43. The van der Waals surface area contributed by atoms with E-state index in [0.717, 1.165) is 101 Å². The van der Waals surface area contributed by atoms with E-state index in [1.165, 1.54) is 24.3 Å². The molecule has 0 aliphatic carbocycles. The lowest BCUT2D eigenvalue weighted by molar-refractivity contribution is 0.578. The van der Waals surface area contributed by atoms with Gasteiger partial charge in [0.15, 0.2) is 0 Å². The molecular weight excluding hydrogens is 853 g/mol. The van der Waals surface area contributed by atoms with Gasteiger partial charge in [0.2, 0.25) is 0 Å². The molecule has 68 heavy (non-hydrogen) atoms. The van der Waals surface area contributed by atoms with Crippen molar-refractivity contribution in [3.05, 3.63) is 254 Å². The van der Waals surface area contributed by atoms with Gasteiger partial charge in [0, 0.05) is 67.8 Å². The van der Waals surface area contributed by atoms with E-state index in [1.54, 1.807) is 0 Å². The molecule has 326 valence electrons. The zero-order valence-electron chi connectivity index (χ0n) is 36.2. The molecule has 12 rings (SSSR count). The monoisotopic (exact) mass is 890 g/mol. The zero-order valence-corrected chi connectivity index (χ0v) is 36.2.